The smallest absolute Gasteiger partial charge is 0.241 e. The number of nitrogens with zero attached hydrogens (tertiary/aromatic N) is 2. The second kappa shape index (κ2) is 8.19. The number of para-hydroxylation sites is 1. The van der Waals surface area contributed by atoms with Crippen LogP contribution < -0.4 is 15.2 Å². The Labute approximate surface area is 157 Å². The van der Waals surface area contributed by atoms with E-state index in [9.17, 15) is 8.42 Å². The minimum atomic E-state index is -4.05. The van der Waals surface area contributed by atoms with E-state index in [-0.39, 0.29) is 10.6 Å². The summed E-state index contributed by atoms with van der Waals surface area (Å²) in [5, 5.41) is 15.3. The summed E-state index contributed by atoms with van der Waals surface area (Å²) in [6.45, 7) is 2.73. The van der Waals surface area contributed by atoms with E-state index in [4.69, 9.17) is 9.88 Å². The van der Waals surface area contributed by atoms with Crippen molar-refractivity contribution in [3.63, 3.8) is 0 Å². The lowest BCUT2D eigenvalue weighted by Crippen LogP contribution is -2.15. The molecular formula is C18H21N5O3S. The average Bonchev–Trinajstić information content (AvgIpc) is 3.17. The Morgan fingerprint density at radius 1 is 1.22 bits per heavy atom. The van der Waals surface area contributed by atoms with Gasteiger partial charge in [0.05, 0.1) is 5.69 Å². The number of nitrogens with one attached hydrogen (secondary N) is 2. The summed E-state index contributed by atoms with van der Waals surface area (Å²) in [7, 11) is -4.05. The lowest BCUT2D eigenvalue weighted by molar-refractivity contribution is 0.469. The van der Waals surface area contributed by atoms with Gasteiger partial charge in [-0.25, -0.2) is 18.5 Å². The lowest BCUT2D eigenvalue weighted by Gasteiger charge is -2.17. The van der Waals surface area contributed by atoms with Crippen molar-refractivity contribution in [2.24, 2.45) is 5.14 Å². The number of hydrogen-bond donors (Lipinski definition) is 3. The summed E-state index contributed by atoms with van der Waals surface area (Å²) in [5.74, 6) is 1.10. The molecule has 0 aliphatic heterocycles. The minimum Gasteiger partial charge on any atom is -0.454 e. The minimum absolute atomic E-state index is 0.126. The Morgan fingerprint density at radius 2 is 2.00 bits per heavy atom. The van der Waals surface area contributed by atoms with Crippen LogP contribution in [-0.2, 0) is 10.0 Å². The van der Waals surface area contributed by atoms with Crippen LogP contribution in [0.2, 0.25) is 0 Å². The molecule has 1 aromatic heterocycles. The number of anilines is 1. The van der Waals surface area contributed by atoms with Crippen molar-refractivity contribution in [2.45, 2.75) is 24.7 Å². The van der Waals surface area contributed by atoms with Crippen LogP contribution in [0.25, 0.3) is 11.4 Å². The molecule has 0 unspecified atom stereocenters. The molecule has 0 spiro atoms. The van der Waals surface area contributed by atoms with Crippen LogP contribution >= 0.6 is 0 Å². The van der Waals surface area contributed by atoms with Crippen molar-refractivity contribution in [1.29, 1.82) is 0 Å². The molecule has 142 valence electrons. The predicted molar refractivity (Wildman–Crippen MR) is 103 cm³/mol. The normalized spacial score (nSPS) is 11.3. The quantitative estimate of drug-likeness (QED) is 0.510. The molecule has 2 aromatic carbocycles. The molecule has 9 heteroatoms. The summed E-state index contributed by atoms with van der Waals surface area (Å²) in [6, 6.07) is 12.1. The van der Waals surface area contributed by atoms with Gasteiger partial charge in [-0.1, -0.05) is 31.5 Å². The van der Waals surface area contributed by atoms with Gasteiger partial charge in [0.25, 0.3) is 0 Å². The second-order valence-electron chi connectivity index (χ2n) is 5.93. The van der Waals surface area contributed by atoms with Crippen molar-refractivity contribution in [2.75, 3.05) is 11.9 Å². The Kier molecular flexibility index (Phi) is 5.72. The average molecular weight is 387 g/mol. The fraction of sp³-hybridized carbons (Fsp3) is 0.222. The molecule has 0 aliphatic rings. The first kappa shape index (κ1) is 18.9. The van der Waals surface area contributed by atoms with E-state index in [0.29, 0.717) is 29.4 Å². The number of aromatic nitrogens is 3. The summed E-state index contributed by atoms with van der Waals surface area (Å²) in [4.78, 5) is 3.96. The van der Waals surface area contributed by atoms with Crippen LogP contribution in [0.15, 0.2) is 53.7 Å². The number of benzene rings is 2. The zero-order valence-corrected chi connectivity index (χ0v) is 15.7. The van der Waals surface area contributed by atoms with Gasteiger partial charge in [-0.2, -0.15) is 5.10 Å². The number of ether oxygens (including phenoxy) is 1. The van der Waals surface area contributed by atoms with E-state index in [1.54, 1.807) is 30.3 Å². The molecule has 0 aliphatic carbocycles. The highest BCUT2D eigenvalue weighted by Crippen LogP contribution is 2.39. The highest BCUT2D eigenvalue weighted by molar-refractivity contribution is 7.89. The second-order valence-corrected chi connectivity index (χ2v) is 7.46. The van der Waals surface area contributed by atoms with Crippen LogP contribution in [-0.4, -0.2) is 30.1 Å². The Hall–Kier alpha value is -2.91. The molecule has 0 amide bonds. The van der Waals surface area contributed by atoms with Gasteiger partial charge in [-0.3, -0.25) is 5.10 Å². The van der Waals surface area contributed by atoms with E-state index in [2.05, 4.69) is 27.4 Å². The number of aromatic amines is 1. The third kappa shape index (κ3) is 4.63. The molecule has 27 heavy (non-hydrogen) atoms. The SMILES string of the molecule is CCCCNc1cc(-c2ncn[nH]2)cc(S(N)(=O)=O)c1Oc1ccccc1. The third-order valence-corrected chi connectivity index (χ3v) is 4.78. The molecule has 3 rings (SSSR count). The summed E-state index contributed by atoms with van der Waals surface area (Å²) in [6.07, 6.45) is 3.26. The van der Waals surface area contributed by atoms with Crippen molar-refractivity contribution in [1.82, 2.24) is 15.2 Å². The van der Waals surface area contributed by atoms with Gasteiger partial charge in [-0.05, 0) is 30.7 Å². The van der Waals surface area contributed by atoms with Crippen LogP contribution in [0.3, 0.4) is 0 Å². The molecule has 0 atom stereocenters. The zero-order chi connectivity index (χ0) is 19.3. The van der Waals surface area contributed by atoms with Crippen LogP contribution in [0.4, 0.5) is 5.69 Å². The van der Waals surface area contributed by atoms with Crippen LogP contribution in [0.1, 0.15) is 19.8 Å². The number of hydrogen-bond acceptors (Lipinski definition) is 6. The lowest BCUT2D eigenvalue weighted by atomic mass is 10.1. The van der Waals surface area contributed by atoms with Gasteiger partial charge in [0.15, 0.2) is 11.6 Å². The first-order valence-electron chi connectivity index (χ1n) is 8.52. The topological polar surface area (TPSA) is 123 Å². The predicted octanol–water partition coefficient (Wildman–Crippen LogP) is 3.12. The number of rotatable bonds is 8. The zero-order valence-electron chi connectivity index (χ0n) is 14.8. The van der Waals surface area contributed by atoms with E-state index in [0.717, 1.165) is 12.8 Å². The molecule has 0 bridgehead atoms. The largest absolute Gasteiger partial charge is 0.454 e. The Bertz CT molecular complexity index is 989. The van der Waals surface area contributed by atoms with Gasteiger partial charge < -0.3 is 10.1 Å². The molecule has 4 N–H and O–H groups in total. The van der Waals surface area contributed by atoms with E-state index >= 15 is 0 Å². The van der Waals surface area contributed by atoms with Gasteiger partial charge in [-0.15, -0.1) is 0 Å². The summed E-state index contributed by atoms with van der Waals surface area (Å²) >= 11 is 0. The maximum Gasteiger partial charge on any atom is 0.241 e. The van der Waals surface area contributed by atoms with Gasteiger partial charge >= 0.3 is 0 Å². The summed E-state index contributed by atoms with van der Waals surface area (Å²) < 4.78 is 30.4. The fourth-order valence-corrected chi connectivity index (χ4v) is 3.24. The molecule has 1 heterocycles. The first-order chi connectivity index (χ1) is 13.0. The molecular weight excluding hydrogens is 366 g/mol. The third-order valence-electron chi connectivity index (χ3n) is 3.86. The fourth-order valence-electron chi connectivity index (χ4n) is 2.54. The van der Waals surface area contributed by atoms with Crippen LogP contribution in [0.5, 0.6) is 11.5 Å². The molecule has 0 saturated carbocycles. The number of H-pyrrole nitrogens is 1. The number of unbranched alkanes of at least 4 members (excludes halogenated alkanes) is 1. The van der Waals surface area contributed by atoms with Crippen molar-refractivity contribution in [3.05, 3.63) is 48.8 Å². The Balaban J connectivity index is 2.14. The van der Waals surface area contributed by atoms with Crippen molar-refractivity contribution < 1.29 is 13.2 Å². The molecule has 0 fully saturated rings. The molecule has 3 aromatic rings. The monoisotopic (exact) mass is 387 g/mol. The van der Waals surface area contributed by atoms with Gasteiger partial charge in [0.1, 0.15) is 17.0 Å². The Morgan fingerprint density at radius 3 is 2.63 bits per heavy atom. The first-order valence-corrected chi connectivity index (χ1v) is 10.1. The standard InChI is InChI=1S/C18H21N5O3S/c1-2-3-9-20-15-10-13(18-21-12-22-23-18)11-16(27(19,24)25)17(15)26-14-7-5-4-6-8-14/h4-8,10-12,20H,2-3,9H2,1H3,(H2,19,24,25)(H,21,22,23). The molecule has 8 nitrogen and oxygen atoms in total. The van der Waals surface area contributed by atoms with E-state index in [1.807, 2.05) is 6.07 Å². The van der Waals surface area contributed by atoms with E-state index < -0.39 is 10.0 Å². The highest BCUT2D eigenvalue weighted by Gasteiger charge is 2.22. The highest BCUT2D eigenvalue weighted by atomic mass is 32.2. The number of nitrogens with two attached hydrogens (primary N) is 1. The van der Waals surface area contributed by atoms with Crippen molar-refractivity contribution in [3.8, 4) is 22.9 Å². The number of primary sulfonamides is 1. The van der Waals surface area contributed by atoms with E-state index in [1.165, 1.54) is 12.4 Å². The molecule has 0 radical (unpaired) electrons. The van der Waals surface area contributed by atoms with Gasteiger partial charge in [0.2, 0.25) is 10.0 Å². The van der Waals surface area contributed by atoms with Gasteiger partial charge in [0, 0.05) is 12.1 Å². The van der Waals surface area contributed by atoms with Crippen LogP contribution in [0, 0.1) is 0 Å². The molecule has 0 saturated heterocycles. The van der Waals surface area contributed by atoms with Crippen molar-refractivity contribution >= 4 is 15.7 Å². The maximum atomic E-state index is 12.3. The number of sulfonamides is 1. The summed E-state index contributed by atoms with van der Waals surface area (Å²) in [5.41, 5.74) is 1.06. The maximum absolute atomic E-state index is 12.3.